The van der Waals surface area contributed by atoms with Gasteiger partial charge in [0.15, 0.2) is 0 Å². The van der Waals surface area contributed by atoms with Crippen molar-refractivity contribution in [2.24, 2.45) is 5.73 Å². The summed E-state index contributed by atoms with van der Waals surface area (Å²) in [7, 11) is 1.70. The van der Waals surface area contributed by atoms with Gasteiger partial charge in [0, 0.05) is 10.3 Å². The third kappa shape index (κ3) is 2.09. The Morgan fingerprint density at radius 3 is 2.45 bits per heavy atom. The fraction of sp³-hybridized carbons (Fsp3) is 0.176. The average Bonchev–Trinajstić information content (AvgIpc) is 2.91. The molecule has 1 heterocycles. The van der Waals surface area contributed by atoms with Gasteiger partial charge in [0.2, 0.25) is 0 Å². The highest BCUT2D eigenvalue weighted by Crippen LogP contribution is 2.35. The van der Waals surface area contributed by atoms with E-state index < -0.39 is 0 Å². The molecular formula is C17H17NOS. The van der Waals surface area contributed by atoms with Crippen LogP contribution in [0.3, 0.4) is 0 Å². The number of methoxy groups -OCH3 is 1. The second kappa shape index (κ2) is 5.27. The lowest BCUT2D eigenvalue weighted by atomic mass is 9.96. The molecule has 0 fully saturated rings. The van der Waals surface area contributed by atoms with Gasteiger partial charge in [-0.1, -0.05) is 30.3 Å². The molecule has 3 heteroatoms. The van der Waals surface area contributed by atoms with Crippen molar-refractivity contribution < 1.29 is 4.74 Å². The van der Waals surface area contributed by atoms with E-state index in [1.807, 2.05) is 18.2 Å². The van der Waals surface area contributed by atoms with E-state index in [4.69, 9.17) is 10.5 Å². The fourth-order valence-electron chi connectivity index (χ4n) is 2.59. The van der Waals surface area contributed by atoms with Crippen LogP contribution in [0.5, 0.6) is 5.75 Å². The van der Waals surface area contributed by atoms with Crippen LogP contribution >= 0.6 is 11.3 Å². The summed E-state index contributed by atoms with van der Waals surface area (Å²) in [4.78, 5) is 1.22. The second-order valence-corrected chi connectivity index (χ2v) is 5.80. The summed E-state index contributed by atoms with van der Waals surface area (Å²) in [6, 6.07) is 14.3. The van der Waals surface area contributed by atoms with Gasteiger partial charge in [-0.05, 0) is 40.9 Å². The molecule has 0 amide bonds. The van der Waals surface area contributed by atoms with Crippen LogP contribution in [0.2, 0.25) is 0 Å². The zero-order valence-corrected chi connectivity index (χ0v) is 12.4. The number of thiophene rings is 1. The number of ether oxygens (including phenoxy) is 1. The minimum Gasteiger partial charge on any atom is -0.496 e. The molecular weight excluding hydrogens is 266 g/mol. The van der Waals surface area contributed by atoms with E-state index in [1.165, 1.54) is 10.4 Å². The Labute approximate surface area is 122 Å². The van der Waals surface area contributed by atoms with E-state index in [1.54, 1.807) is 18.4 Å². The first-order valence-corrected chi connectivity index (χ1v) is 7.45. The molecule has 20 heavy (non-hydrogen) atoms. The summed E-state index contributed by atoms with van der Waals surface area (Å²) in [6.07, 6.45) is 0. The van der Waals surface area contributed by atoms with E-state index in [-0.39, 0.29) is 6.04 Å². The molecule has 0 aliphatic carbocycles. The quantitative estimate of drug-likeness (QED) is 0.779. The Morgan fingerprint density at radius 2 is 1.80 bits per heavy atom. The monoisotopic (exact) mass is 283 g/mol. The van der Waals surface area contributed by atoms with E-state index in [0.717, 1.165) is 22.1 Å². The number of nitrogens with two attached hydrogens (primary N) is 1. The number of hydrogen-bond donors (Lipinski definition) is 1. The van der Waals surface area contributed by atoms with Gasteiger partial charge in [0.1, 0.15) is 5.75 Å². The number of fused-ring (bicyclic) bond motifs is 1. The van der Waals surface area contributed by atoms with Crippen molar-refractivity contribution in [3.8, 4) is 5.75 Å². The number of hydrogen-bond acceptors (Lipinski definition) is 3. The standard InChI is InChI=1S/C17H17NOS/c1-11-9-10-20-17(11)16(18)14-7-8-15(19-2)13-6-4-3-5-12(13)14/h3-10,16H,18H2,1-2H3. The maximum absolute atomic E-state index is 6.49. The molecule has 0 saturated carbocycles. The summed E-state index contributed by atoms with van der Waals surface area (Å²) < 4.78 is 5.44. The zero-order chi connectivity index (χ0) is 14.1. The molecule has 0 spiro atoms. The van der Waals surface area contributed by atoms with Crippen molar-refractivity contribution in [2.45, 2.75) is 13.0 Å². The summed E-state index contributed by atoms with van der Waals surface area (Å²) in [5.74, 6) is 0.888. The number of aryl methyl sites for hydroxylation is 1. The van der Waals surface area contributed by atoms with Crippen LogP contribution in [0.15, 0.2) is 47.8 Å². The molecule has 2 aromatic carbocycles. The molecule has 0 bridgehead atoms. The lowest BCUT2D eigenvalue weighted by molar-refractivity contribution is 0.419. The summed E-state index contributed by atoms with van der Waals surface area (Å²) in [6.45, 7) is 2.11. The zero-order valence-electron chi connectivity index (χ0n) is 11.6. The van der Waals surface area contributed by atoms with Crippen LogP contribution in [-0.2, 0) is 0 Å². The second-order valence-electron chi connectivity index (χ2n) is 4.85. The van der Waals surface area contributed by atoms with Crippen molar-refractivity contribution in [1.82, 2.24) is 0 Å². The van der Waals surface area contributed by atoms with Gasteiger partial charge in [0.05, 0.1) is 13.2 Å². The molecule has 0 aliphatic heterocycles. The van der Waals surface area contributed by atoms with Gasteiger partial charge < -0.3 is 10.5 Å². The summed E-state index contributed by atoms with van der Waals surface area (Å²) >= 11 is 1.71. The van der Waals surface area contributed by atoms with Crippen LogP contribution in [0, 0.1) is 6.92 Å². The molecule has 0 aliphatic rings. The Hall–Kier alpha value is -1.84. The van der Waals surface area contributed by atoms with Crippen LogP contribution in [0.25, 0.3) is 10.8 Å². The van der Waals surface area contributed by atoms with Crippen LogP contribution in [0.1, 0.15) is 22.0 Å². The highest BCUT2D eigenvalue weighted by Gasteiger charge is 2.16. The van der Waals surface area contributed by atoms with Crippen molar-refractivity contribution in [1.29, 1.82) is 0 Å². The van der Waals surface area contributed by atoms with Crippen LogP contribution < -0.4 is 10.5 Å². The SMILES string of the molecule is COc1ccc(C(N)c2sccc2C)c2ccccc12. The minimum absolute atomic E-state index is 0.0918. The third-order valence-corrected chi connectivity index (χ3v) is 4.76. The number of benzene rings is 2. The molecule has 3 aromatic rings. The lowest BCUT2D eigenvalue weighted by Gasteiger charge is -2.16. The molecule has 3 rings (SSSR count). The summed E-state index contributed by atoms with van der Waals surface area (Å²) in [5, 5.41) is 4.36. The van der Waals surface area contributed by atoms with Crippen molar-refractivity contribution >= 4 is 22.1 Å². The normalized spacial score (nSPS) is 12.6. The van der Waals surface area contributed by atoms with Crippen LogP contribution in [-0.4, -0.2) is 7.11 Å². The maximum Gasteiger partial charge on any atom is 0.126 e. The first kappa shape index (κ1) is 13.2. The molecule has 0 saturated heterocycles. The summed E-state index contributed by atoms with van der Waals surface area (Å²) in [5.41, 5.74) is 8.89. The molecule has 102 valence electrons. The predicted octanol–water partition coefficient (Wildman–Crippen LogP) is 4.27. The smallest absolute Gasteiger partial charge is 0.126 e. The molecule has 2 nitrogen and oxygen atoms in total. The molecule has 1 atom stereocenters. The Morgan fingerprint density at radius 1 is 1.05 bits per heavy atom. The minimum atomic E-state index is -0.0918. The van der Waals surface area contributed by atoms with Crippen molar-refractivity contribution in [3.63, 3.8) is 0 Å². The Balaban J connectivity index is 2.20. The molecule has 2 N–H and O–H groups in total. The Kier molecular flexibility index (Phi) is 3.47. The number of rotatable bonds is 3. The molecule has 1 aromatic heterocycles. The van der Waals surface area contributed by atoms with Crippen LogP contribution in [0.4, 0.5) is 0 Å². The Bertz CT molecular complexity index is 748. The van der Waals surface area contributed by atoms with Gasteiger partial charge in [-0.2, -0.15) is 0 Å². The van der Waals surface area contributed by atoms with Crippen molar-refractivity contribution in [3.05, 3.63) is 63.8 Å². The largest absolute Gasteiger partial charge is 0.496 e. The first-order chi connectivity index (χ1) is 9.72. The van der Waals surface area contributed by atoms with Gasteiger partial charge >= 0.3 is 0 Å². The van der Waals surface area contributed by atoms with Gasteiger partial charge in [-0.3, -0.25) is 0 Å². The van der Waals surface area contributed by atoms with Gasteiger partial charge in [0.25, 0.3) is 0 Å². The fourth-order valence-corrected chi connectivity index (χ4v) is 3.53. The topological polar surface area (TPSA) is 35.2 Å². The maximum atomic E-state index is 6.49. The predicted molar refractivity (Wildman–Crippen MR) is 85.6 cm³/mol. The van der Waals surface area contributed by atoms with E-state index >= 15 is 0 Å². The third-order valence-electron chi connectivity index (χ3n) is 3.66. The van der Waals surface area contributed by atoms with E-state index in [0.29, 0.717) is 0 Å². The first-order valence-electron chi connectivity index (χ1n) is 6.57. The van der Waals surface area contributed by atoms with Gasteiger partial charge in [-0.15, -0.1) is 11.3 Å². The highest BCUT2D eigenvalue weighted by atomic mass is 32.1. The van der Waals surface area contributed by atoms with E-state index in [9.17, 15) is 0 Å². The average molecular weight is 283 g/mol. The highest BCUT2D eigenvalue weighted by molar-refractivity contribution is 7.10. The molecule has 0 radical (unpaired) electrons. The molecule has 1 unspecified atom stereocenters. The lowest BCUT2D eigenvalue weighted by Crippen LogP contribution is -2.12. The van der Waals surface area contributed by atoms with Crippen molar-refractivity contribution in [2.75, 3.05) is 7.11 Å². The van der Waals surface area contributed by atoms with E-state index in [2.05, 4.69) is 36.6 Å². The van der Waals surface area contributed by atoms with Gasteiger partial charge in [-0.25, -0.2) is 0 Å².